The summed E-state index contributed by atoms with van der Waals surface area (Å²) in [5.74, 6) is 0. The molecule has 1 heteroatoms. The van der Waals surface area contributed by atoms with E-state index >= 15 is 0 Å². The van der Waals surface area contributed by atoms with E-state index in [-0.39, 0.29) is 0 Å². The smallest absolute Gasteiger partial charge is 0.0786 e. The molecule has 0 aliphatic rings. The molecule has 0 spiro atoms. The molecule has 0 unspecified atom stereocenters. The lowest BCUT2D eigenvalue weighted by molar-refractivity contribution is -0.925. The third-order valence-corrected chi connectivity index (χ3v) is 12.3. The zero-order chi connectivity index (χ0) is 35.6. The summed E-state index contributed by atoms with van der Waals surface area (Å²) >= 11 is 0. The van der Waals surface area contributed by atoms with Crippen LogP contribution in [-0.4, -0.2) is 30.7 Å². The van der Waals surface area contributed by atoms with Crippen LogP contribution >= 0.6 is 0 Å². The van der Waals surface area contributed by atoms with Crippen LogP contribution in [-0.2, 0) is 0 Å². The van der Waals surface area contributed by atoms with Crippen molar-refractivity contribution in [3.8, 4) is 0 Å². The second-order valence-electron chi connectivity index (χ2n) is 16.9. The van der Waals surface area contributed by atoms with Gasteiger partial charge in [0.05, 0.1) is 26.2 Å². The van der Waals surface area contributed by atoms with Crippen LogP contribution in [0, 0.1) is 0 Å². The number of hydrogen-bond donors (Lipinski definition) is 0. The van der Waals surface area contributed by atoms with E-state index in [0.29, 0.717) is 0 Å². The monoisotopic (exact) mass is 691 g/mol. The number of nitrogens with zero attached hydrogens (tertiary/aromatic N) is 1. The normalized spacial score (nSPS) is 12.0. The van der Waals surface area contributed by atoms with Gasteiger partial charge in [-0.25, -0.2) is 0 Å². The zero-order valence-electron chi connectivity index (χ0n) is 35.6. The number of quaternary nitrogens is 1. The SMILES string of the molecule is CCCCCCCCCCCCCCCCCCCCCC[N+](CC)(CC)CCCCCCCCCCCCCCCCCCCCCC. The van der Waals surface area contributed by atoms with Crippen molar-refractivity contribution in [3.05, 3.63) is 0 Å². The minimum absolute atomic E-state index is 1.34. The lowest BCUT2D eigenvalue weighted by atomic mass is 10.0. The lowest BCUT2D eigenvalue weighted by Gasteiger charge is -2.37. The molecule has 0 aliphatic carbocycles. The minimum atomic E-state index is 1.34. The summed E-state index contributed by atoms with van der Waals surface area (Å²) in [4.78, 5) is 0. The van der Waals surface area contributed by atoms with Crippen molar-refractivity contribution in [2.75, 3.05) is 26.2 Å². The second-order valence-corrected chi connectivity index (χ2v) is 16.9. The highest BCUT2D eigenvalue weighted by atomic mass is 15.3. The van der Waals surface area contributed by atoms with E-state index in [0.717, 1.165) is 0 Å². The maximum Gasteiger partial charge on any atom is 0.0786 e. The van der Waals surface area contributed by atoms with Crippen LogP contribution < -0.4 is 0 Å². The molecular weight excluding hydrogens is 591 g/mol. The van der Waals surface area contributed by atoms with Crippen LogP contribution in [0.25, 0.3) is 0 Å². The Morgan fingerprint density at radius 2 is 0.327 bits per heavy atom. The molecule has 0 atom stereocenters. The Morgan fingerprint density at radius 1 is 0.184 bits per heavy atom. The van der Waals surface area contributed by atoms with Gasteiger partial charge < -0.3 is 4.48 Å². The topological polar surface area (TPSA) is 0 Å². The molecule has 0 radical (unpaired) electrons. The molecule has 0 saturated carbocycles. The molecule has 0 fully saturated rings. The Bertz CT molecular complexity index is 519. The average Bonchev–Trinajstić information content (AvgIpc) is 3.12. The first kappa shape index (κ1) is 49.0. The second kappa shape index (κ2) is 42.4. The van der Waals surface area contributed by atoms with E-state index in [2.05, 4.69) is 27.7 Å². The molecule has 296 valence electrons. The van der Waals surface area contributed by atoms with Gasteiger partial charge in [-0.3, -0.25) is 0 Å². The molecule has 0 aromatic carbocycles. The van der Waals surface area contributed by atoms with Crippen LogP contribution in [0.15, 0.2) is 0 Å². The van der Waals surface area contributed by atoms with Crippen molar-refractivity contribution in [1.29, 1.82) is 0 Å². The summed E-state index contributed by atoms with van der Waals surface area (Å²) in [6.07, 6.45) is 59.0. The predicted octanol–water partition coefficient (Wildman–Crippen LogP) is 17.5. The highest BCUT2D eigenvalue weighted by molar-refractivity contribution is 4.54. The molecule has 0 saturated heterocycles. The Labute approximate surface area is 314 Å². The average molecular weight is 691 g/mol. The summed E-state index contributed by atoms with van der Waals surface area (Å²) in [5.41, 5.74) is 0. The highest BCUT2D eigenvalue weighted by Gasteiger charge is 2.21. The van der Waals surface area contributed by atoms with Gasteiger partial charge in [0.15, 0.2) is 0 Å². The molecule has 49 heavy (non-hydrogen) atoms. The first-order valence-corrected chi connectivity index (χ1v) is 24.1. The molecule has 0 amide bonds. The molecule has 0 N–H and O–H groups in total. The Morgan fingerprint density at radius 3 is 0.469 bits per heavy atom. The van der Waals surface area contributed by atoms with Crippen LogP contribution in [0.3, 0.4) is 0 Å². The van der Waals surface area contributed by atoms with E-state index in [1.165, 1.54) is 287 Å². The van der Waals surface area contributed by atoms with Gasteiger partial charge in [0.25, 0.3) is 0 Å². The van der Waals surface area contributed by atoms with Gasteiger partial charge in [-0.1, -0.05) is 245 Å². The summed E-state index contributed by atoms with van der Waals surface area (Å²) in [5, 5.41) is 0. The summed E-state index contributed by atoms with van der Waals surface area (Å²) in [7, 11) is 0. The van der Waals surface area contributed by atoms with Crippen molar-refractivity contribution < 1.29 is 4.48 Å². The predicted molar refractivity (Wildman–Crippen MR) is 227 cm³/mol. The number of unbranched alkanes of at least 4 members (excludes halogenated alkanes) is 38. The van der Waals surface area contributed by atoms with Gasteiger partial charge in [0, 0.05) is 0 Å². The van der Waals surface area contributed by atoms with E-state index in [1.54, 1.807) is 0 Å². The first-order valence-electron chi connectivity index (χ1n) is 24.1. The molecule has 0 aromatic rings. The van der Waals surface area contributed by atoms with Crippen LogP contribution in [0.2, 0.25) is 0 Å². The Kier molecular flexibility index (Phi) is 42.3. The molecule has 0 rings (SSSR count). The quantitative estimate of drug-likeness (QED) is 0.0441. The van der Waals surface area contributed by atoms with Crippen molar-refractivity contribution in [1.82, 2.24) is 0 Å². The minimum Gasteiger partial charge on any atom is -0.324 e. The molecule has 0 heterocycles. The maximum atomic E-state index is 2.45. The highest BCUT2D eigenvalue weighted by Crippen LogP contribution is 2.19. The van der Waals surface area contributed by atoms with E-state index < -0.39 is 0 Å². The summed E-state index contributed by atoms with van der Waals surface area (Å²) < 4.78 is 1.39. The maximum absolute atomic E-state index is 2.45. The summed E-state index contributed by atoms with van der Waals surface area (Å²) in [6.45, 7) is 15.1. The van der Waals surface area contributed by atoms with Crippen LogP contribution in [0.1, 0.15) is 285 Å². The van der Waals surface area contributed by atoms with Crippen LogP contribution in [0.4, 0.5) is 0 Å². The number of rotatable bonds is 44. The van der Waals surface area contributed by atoms with Crippen molar-refractivity contribution in [3.63, 3.8) is 0 Å². The third-order valence-electron chi connectivity index (χ3n) is 12.3. The van der Waals surface area contributed by atoms with Crippen molar-refractivity contribution >= 4 is 0 Å². The lowest BCUT2D eigenvalue weighted by Crippen LogP contribution is -2.49. The van der Waals surface area contributed by atoms with Gasteiger partial charge in [-0.15, -0.1) is 0 Å². The van der Waals surface area contributed by atoms with E-state index in [9.17, 15) is 0 Å². The van der Waals surface area contributed by atoms with Gasteiger partial charge in [-0.2, -0.15) is 0 Å². The van der Waals surface area contributed by atoms with Gasteiger partial charge >= 0.3 is 0 Å². The molecule has 1 nitrogen and oxygen atoms in total. The summed E-state index contributed by atoms with van der Waals surface area (Å²) in [6, 6.07) is 0. The van der Waals surface area contributed by atoms with Gasteiger partial charge in [-0.05, 0) is 39.5 Å². The molecule has 0 aliphatic heterocycles. The molecule has 0 aromatic heterocycles. The Hall–Kier alpha value is -0.0400. The molecule has 0 bridgehead atoms. The van der Waals surface area contributed by atoms with Gasteiger partial charge in [0.2, 0.25) is 0 Å². The van der Waals surface area contributed by atoms with E-state index in [1.807, 2.05) is 0 Å². The Balaban J connectivity index is 3.45. The third kappa shape index (κ3) is 37.5. The molecular formula is C48H100N+. The standard InChI is InChI=1S/C48H100N/c1-5-9-11-13-15-17-19-21-23-25-27-29-31-33-35-37-39-41-43-45-47-49(7-3,8-4)48-46-44-42-40-38-36-34-32-30-28-26-24-22-20-18-16-14-12-10-6-2/h5-48H2,1-4H3/q+1. The zero-order valence-corrected chi connectivity index (χ0v) is 35.6. The fourth-order valence-corrected chi connectivity index (χ4v) is 8.37. The fourth-order valence-electron chi connectivity index (χ4n) is 8.37. The van der Waals surface area contributed by atoms with E-state index in [4.69, 9.17) is 0 Å². The first-order chi connectivity index (χ1) is 24.2. The number of hydrogen-bond acceptors (Lipinski definition) is 0. The van der Waals surface area contributed by atoms with Crippen molar-refractivity contribution in [2.45, 2.75) is 285 Å². The van der Waals surface area contributed by atoms with Crippen LogP contribution in [0.5, 0.6) is 0 Å². The van der Waals surface area contributed by atoms with Gasteiger partial charge in [0.1, 0.15) is 0 Å². The largest absolute Gasteiger partial charge is 0.324 e. The van der Waals surface area contributed by atoms with Crippen molar-refractivity contribution in [2.24, 2.45) is 0 Å². The fraction of sp³-hybridized carbons (Fsp3) is 1.00.